The maximum absolute atomic E-state index is 11.9. The number of halogens is 3. The van der Waals surface area contributed by atoms with Crippen molar-refractivity contribution in [1.29, 1.82) is 0 Å². The van der Waals surface area contributed by atoms with Gasteiger partial charge in [0.1, 0.15) is 0 Å². The number of aryl methyl sites for hydroxylation is 1. The largest absolute Gasteiger partial charge is 0.490 e. The third-order valence-electron chi connectivity index (χ3n) is 4.94. The van der Waals surface area contributed by atoms with E-state index in [1.165, 1.54) is 11.1 Å². The van der Waals surface area contributed by atoms with Crippen molar-refractivity contribution in [2.75, 3.05) is 39.9 Å². The Balaban J connectivity index is 0.000000345. The van der Waals surface area contributed by atoms with Crippen LogP contribution in [0.25, 0.3) is 0 Å². The average Bonchev–Trinajstić information content (AvgIpc) is 2.75. The molecule has 2 aliphatic rings. The molecule has 3 rings (SSSR count). The van der Waals surface area contributed by atoms with Gasteiger partial charge >= 0.3 is 12.1 Å². The van der Waals surface area contributed by atoms with Crippen LogP contribution < -0.4 is 0 Å². The first-order valence-electron chi connectivity index (χ1n) is 8.91. The molecular weight excluding hydrogens is 377 g/mol. The second-order valence-electron chi connectivity index (χ2n) is 7.42. The van der Waals surface area contributed by atoms with Gasteiger partial charge in [0.05, 0.1) is 13.2 Å². The van der Waals surface area contributed by atoms with Crippen molar-refractivity contribution in [1.82, 2.24) is 9.80 Å². The first kappa shape index (κ1) is 22.2. The summed E-state index contributed by atoms with van der Waals surface area (Å²) in [6.07, 6.45) is -4.46. The molecule has 156 valence electrons. The number of carbonyl (C=O) groups is 2. The predicted octanol–water partition coefficient (Wildman–Crippen LogP) is 2.31. The van der Waals surface area contributed by atoms with E-state index in [0.29, 0.717) is 13.0 Å². The number of likely N-dealkylation sites (tertiary alicyclic amines) is 1. The Kier molecular flexibility index (Phi) is 7.06. The van der Waals surface area contributed by atoms with Crippen LogP contribution in [0.5, 0.6) is 0 Å². The number of hydrogen-bond donors (Lipinski definition) is 1. The zero-order valence-electron chi connectivity index (χ0n) is 16.0. The fraction of sp³-hybridized carbons (Fsp3) is 0.579. The van der Waals surface area contributed by atoms with Gasteiger partial charge in [0.15, 0.2) is 0 Å². The van der Waals surface area contributed by atoms with Gasteiger partial charge in [0.2, 0.25) is 5.91 Å². The first-order valence-corrected chi connectivity index (χ1v) is 8.91. The summed E-state index contributed by atoms with van der Waals surface area (Å²) in [7, 11) is 1.90. The third kappa shape index (κ3) is 5.93. The molecule has 2 saturated heterocycles. The standard InChI is InChI=1S/C17H24N2O2.C2HF3O2/c1-14-5-3-4-6-15(14)10-19-7-8-21-13-17(12-19)9-16(20)18(2)11-17;3-2(4,5)1(6)7/h3-6H,7-13H2,1-2H3;(H,6,7). The molecule has 1 unspecified atom stereocenters. The maximum Gasteiger partial charge on any atom is 0.490 e. The number of ether oxygens (including phenoxy) is 1. The fourth-order valence-corrected chi connectivity index (χ4v) is 3.55. The van der Waals surface area contributed by atoms with E-state index in [2.05, 4.69) is 36.1 Å². The molecule has 1 aromatic rings. The molecule has 0 aliphatic carbocycles. The van der Waals surface area contributed by atoms with Gasteiger partial charge in [0.25, 0.3) is 0 Å². The van der Waals surface area contributed by atoms with Crippen LogP contribution in [0.2, 0.25) is 0 Å². The van der Waals surface area contributed by atoms with Crippen molar-refractivity contribution in [2.24, 2.45) is 5.41 Å². The molecule has 9 heteroatoms. The molecule has 0 bridgehead atoms. The van der Waals surface area contributed by atoms with Gasteiger partial charge < -0.3 is 14.7 Å². The summed E-state index contributed by atoms with van der Waals surface area (Å²) < 4.78 is 37.5. The monoisotopic (exact) mass is 402 g/mol. The molecule has 0 saturated carbocycles. The van der Waals surface area contributed by atoms with Crippen molar-refractivity contribution in [3.8, 4) is 0 Å². The smallest absolute Gasteiger partial charge is 0.475 e. The Labute approximate surface area is 161 Å². The fourth-order valence-electron chi connectivity index (χ4n) is 3.55. The van der Waals surface area contributed by atoms with Crippen LogP contribution in [-0.2, 0) is 20.9 Å². The highest BCUT2D eigenvalue weighted by atomic mass is 19.4. The normalized spacial score (nSPS) is 23.3. The number of amides is 1. The van der Waals surface area contributed by atoms with Gasteiger partial charge in [-0.2, -0.15) is 13.2 Å². The lowest BCUT2D eigenvalue weighted by Gasteiger charge is -2.31. The zero-order chi connectivity index (χ0) is 20.9. The van der Waals surface area contributed by atoms with Gasteiger partial charge in [-0.15, -0.1) is 0 Å². The van der Waals surface area contributed by atoms with Crippen LogP contribution >= 0.6 is 0 Å². The van der Waals surface area contributed by atoms with E-state index in [-0.39, 0.29) is 11.3 Å². The predicted molar refractivity (Wildman–Crippen MR) is 95.7 cm³/mol. The minimum absolute atomic E-state index is 0.0228. The number of alkyl halides is 3. The minimum Gasteiger partial charge on any atom is -0.475 e. The number of carboxylic acid groups (broad SMARTS) is 1. The molecule has 1 spiro atoms. The highest BCUT2D eigenvalue weighted by molar-refractivity contribution is 5.79. The lowest BCUT2D eigenvalue weighted by molar-refractivity contribution is -0.192. The highest BCUT2D eigenvalue weighted by Crippen LogP contribution is 2.34. The second kappa shape index (κ2) is 8.91. The van der Waals surface area contributed by atoms with E-state index in [4.69, 9.17) is 14.6 Å². The Morgan fingerprint density at radius 1 is 1.29 bits per heavy atom. The van der Waals surface area contributed by atoms with Crippen LogP contribution in [0, 0.1) is 12.3 Å². The quantitative estimate of drug-likeness (QED) is 0.822. The van der Waals surface area contributed by atoms with Crippen molar-refractivity contribution < 1.29 is 32.6 Å². The zero-order valence-corrected chi connectivity index (χ0v) is 16.0. The Hall–Kier alpha value is -2.13. The molecule has 2 aliphatic heterocycles. The minimum atomic E-state index is -5.08. The van der Waals surface area contributed by atoms with Gasteiger partial charge in [-0.25, -0.2) is 4.79 Å². The van der Waals surface area contributed by atoms with Crippen molar-refractivity contribution in [3.63, 3.8) is 0 Å². The van der Waals surface area contributed by atoms with Crippen molar-refractivity contribution >= 4 is 11.9 Å². The Morgan fingerprint density at radius 2 is 1.93 bits per heavy atom. The number of carboxylic acids is 1. The van der Waals surface area contributed by atoms with E-state index in [9.17, 15) is 18.0 Å². The van der Waals surface area contributed by atoms with Crippen molar-refractivity contribution in [2.45, 2.75) is 26.1 Å². The van der Waals surface area contributed by atoms with Gasteiger partial charge in [0, 0.05) is 45.1 Å². The van der Waals surface area contributed by atoms with Gasteiger partial charge in [-0.3, -0.25) is 9.69 Å². The molecule has 2 fully saturated rings. The van der Waals surface area contributed by atoms with Crippen LogP contribution in [0.3, 0.4) is 0 Å². The summed E-state index contributed by atoms with van der Waals surface area (Å²) in [5, 5.41) is 7.12. The summed E-state index contributed by atoms with van der Waals surface area (Å²) in [4.78, 5) is 25.1. The van der Waals surface area contributed by atoms with Crippen molar-refractivity contribution in [3.05, 3.63) is 35.4 Å². The topological polar surface area (TPSA) is 70.1 Å². The summed E-state index contributed by atoms with van der Waals surface area (Å²) in [5.74, 6) is -2.51. The molecule has 1 amide bonds. The lowest BCUT2D eigenvalue weighted by Crippen LogP contribution is -2.40. The van der Waals surface area contributed by atoms with Crippen LogP contribution in [0.1, 0.15) is 17.5 Å². The van der Waals surface area contributed by atoms with E-state index in [0.717, 1.165) is 32.8 Å². The highest BCUT2D eigenvalue weighted by Gasteiger charge is 2.44. The van der Waals surface area contributed by atoms with E-state index in [1.807, 2.05) is 11.9 Å². The SMILES string of the molecule is Cc1ccccc1CN1CCOCC2(CC(=O)N(C)C2)C1.O=C(O)C(F)(F)F. The lowest BCUT2D eigenvalue weighted by atomic mass is 9.87. The van der Waals surface area contributed by atoms with Crippen LogP contribution in [0.15, 0.2) is 24.3 Å². The first-order chi connectivity index (χ1) is 13.0. The number of rotatable bonds is 2. The Bertz CT molecular complexity index is 711. The molecule has 0 radical (unpaired) electrons. The molecule has 1 aromatic carbocycles. The van der Waals surface area contributed by atoms with Gasteiger partial charge in [-0.1, -0.05) is 24.3 Å². The van der Waals surface area contributed by atoms with Crippen LogP contribution in [0.4, 0.5) is 13.2 Å². The number of aliphatic carboxylic acids is 1. The summed E-state index contributed by atoms with van der Waals surface area (Å²) in [5.41, 5.74) is 2.67. The third-order valence-corrected chi connectivity index (χ3v) is 4.94. The average molecular weight is 402 g/mol. The van der Waals surface area contributed by atoms with Crippen LogP contribution in [-0.4, -0.2) is 72.9 Å². The molecular formula is C19H25F3N2O4. The molecule has 1 atom stereocenters. The summed E-state index contributed by atoms with van der Waals surface area (Å²) >= 11 is 0. The number of hydrogen-bond acceptors (Lipinski definition) is 4. The summed E-state index contributed by atoms with van der Waals surface area (Å²) in [6.45, 7) is 7.25. The molecule has 2 heterocycles. The van der Waals surface area contributed by atoms with E-state index < -0.39 is 12.1 Å². The molecule has 6 nitrogen and oxygen atoms in total. The maximum atomic E-state index is 11.9. The summed E-state index contributed by atoms with van der Waals surface area (Å²) in [6, 6.07) is 8.53. The van der Waals surface area contributed by atoms with E-state index in [1.54, 1.807) is 0 Å². The molecule has 1 N–H and O–H groups in total. The van der Waals surface area contributed by atoms with Gasteiger partial charge in [-0.05, 0) is 18.1 Å². The molecule has 28 heavy (non-hydrogen) atoms. The van der Waals surface area contributed by atoms with E-state index >= 15 is 0 Å². The second-order valence-corrected chi connectivity index (χ2v) is 7.42. The number of carbonyl (C=O) groups excluding carboxylic acids is 1. The Morgan fingerprint density at radius 3 is 2.46 bits per heavy atom. The number of nitrogens with zero attached hydrogens (tertiary/aromatic N) is 2. The molecule has 0 aromatic heterocycles. The number of benzene rings is 1.